The Bertz CT molecular complexity index is 453. The molecule has 0 aliphatic rings. The van der Waals surface area contributed by atoms with Crippen molar-refractivity contribution >= 4 is 41.0 Å². The van der Waals surface area contributed by atoms with Gasteiger partial charge in [-0.15, -0.1) is 0 Å². The Balaban J connectivity index is 3.75. The number of rotatable bonds is 14. The first-order chi connectivity index (χ1) is 11.1. The van der Waals surface area contributed by atoms with Crippen molar-refractivity contribution in [2.45, 2.75) is 43.8 Å². The number of carbonyl (C=O) groups is 1. The van der Waals surface area contributed by atoms with E-state index in [0.717, 1.165) is 44.5 Å². The van der Waals surface area contributed by atoms with E-state index < -0.39 is 9.84 Å². The minimum absolute atomic E-state index is 0.0936. The lowest BCUT2D eigenvalue weighted by Crippen LogP contribution is -2.46. The van der Waals surface area contributed by atoms with Gasteiger partial charge in [-0.2, -0.15) is 25.3 Å². The largest absolute Gasteiger partial charge is 0.350 e. The molecule has 0 spiro atoms. The molecule has 24 heavy (non-hydrogen) atoms. The van der Waals surface area contributed by atoms with Crippen LogP contribution in [0.1, 0.15) is 38.5 Å². The predicted molar refractivity (Wildman–Crippen MR) is 109 cm³/mol. The number of unbranched alkanes of at least 4 members (excludes halogenated alkanes) is 1. The van der Waals surface area contributed by atoms with E-state index in [-0.39, 0.29) is 11.7 Å². The maximum atomic E-state index is 11.8. The van der Waals surface area contributed by atoms with Crippen LogP contribution in [0.25, 0.3) is 0 Å². The number of thiol groups is 2. The van der Waals surface area contributed by atoms with Crippen LogP contribution in [0.4, 0.5) is 0 Å². The third-order valence-corrected chi connectivity index (χ3v) is 5.78. The van der Waals surface area contributed by atoms with Crippen LogP contribution in [0.2, 0.25) is 0 Å². The topological polar surface area (TPSA) is 63.2 Å². The molecule has 0 fully saturated rings. The molecule has 1 unspecified atom stereocenters. The molecule has 1 atom stereocenters. The second kappa shape index (κ2) is 12.4. The van der Waals surface area contributed by atoms with Crippen LogP contribution >= 0.6 is 25.3 Å². The Kier molecular flexibility index (Phi) is 12.5. The maximum absolute atomic E-state index is 11.8. The van der Waals surface area contributed by atoms with Gasteiger partial charge in [-0.05, 0) is 25.0 Å². The molecule has 0 saturated carbocycles. The Morgan fingerprint density at radius 2 is 1.79 bits per heavy atom. The maximum Gasteiger partial charge on any atom is 0.220 e. The zero-order chi connectivity index (χ0) is 18.6. The van der Waals surface area contributed by atoms with Gasteiger partial charge in [0, 0.05) is 24.3 Å². The highest BCUT2D eigenvalue weighted by Gasteiger charge is 2.16. The second-order valence-corrected chi connectivity index (χ2v) is 10.6. The summed E-state index contributed by atoms with van der Waals surface area (Å²) in [5.41, 5.74) is 0. The number of nitrogens with zero attached hydrogens (tertiary/aromatic N) is 1. The summed E-state index contributed by atoms with van der Waals surface area (Å²) in [7, 11) is 1.22. The fourth-order valence-electron chi connectivity index (χ4n) is 2.41. The summed E-state index contributed by atoms with van der Waals surface area (Å²) in [6.07, 6.45) is 6.41. The number of quaternary nitrogens is 1. The number of hydrogen-bond acceptors (Lipinski definition) is 5. The predicted octanol–water partition coefficient (Wildman–Crippen LogP) is 1.79. The molecule has 5 nitrogen and oxygen atoms in total. The molecule has 0 aromatic heterocycles. The standard InChI is InChI=1S/C16H34N2O3S3/c1-18(2,11-6-14-24(3,20)21)12-10-17-16(19)8-5-4-7-15(23)9-13-22/h15H,4-14H2,1-3H3,(H2-,17,19,22,23)/p+1. The van der Waals surface area contributed by atoms with Crippen LogP contribution in [-0.4, -0.2) is 75.5 Å². The van der Waals surface area contributed by atoms with E-state index in [2.05, 4.69) is 44.7 Å². The number of carbonyl (C=O) groups excluding carboxylic acids is 1. The summed E-state index contributed by atoms with van der Waals surface area (Å²) < 4.78 is 23.0. The molecule has 0 aromatic rings. The molecule has 1 amide bonds. The number of sulfone groups is 1. The SMILES string of the molecule is C[N+](C)(CCCS(C)(=O)=O)CCNC(=O)CCCCC(S)CCS. The molecule has 0 aromatic carbocycles. The minimum atomic E-state index is -2.89. The average molecular weight is 400 g/mol. The number of likely N-dealkylation sites (N-methyl/N-ethyl adjacent to an activating group) is 1. The van der Waals surface area contributed by atoms with Gasteiger partial charge in [-0.1, -0.05) is 6.42 Å². The lowest BCUT2D eigenvalue weighted by atomic mass is 10.1. The Labute approximate surface area is 159 Å². The van der Waals surface area contributed by atoms with Gasteiger partial charge in [0.25, 0.3) is 0 Å². The Morgan fingerprint density at radius 1 is 1.12 bits per heavy atom. The van der Waals surface area contributed by atoms with Gasteiger partial charge in [0.1, 0.15) is 9.84 Å². The molecule has 0 bridgehead atoms. The number of hydrogen-bond donors (Lipinski definition) is 3. The molecule has 0 radical (unpaired) electrons. The zero-order valence-electron chi connectivity index (χ0n) is 15.3. The van der Waals surface area contributed by atoms with Crippen molar-refractivity contribution in [1.29, 1.82) is 0 Å². The monoisotopic (exact) mass is 399 g/mol. The number of amides is 1. The third kappa shape index (κ3) is 15.6. The second-order valence-electron chi connectivity index (χ2n) is 7.13. The zero-order valence-corrected chi connectivity index (χ0v) is 17.9. The summed E-state index contributed by atoms with van der Waals surface area (Å²) in [4.78, 5) is 11.8. The van der Waals surface area contributed by atoms with E-state index in [4.69, 9.17) is 0 Å². The normalized spacial score (nSPS) is 13.7. The first-order valence-electron chi connectivity index (χ1n) is 8.61. The Morgan fingerprint density at radius 3 is 2.38 bits per heavy atom. The van der Waals surface area contributed by atoms with Gasteiger partial charge in [0.15, 0.2) is 0 Å². The van der Waals surface area contributed by atoms with Gasteiger partial charge in [0.05, 0.1) is 39.5 Å². The molecular formula is C16H35N2O3S3+. The van der Waals surface area contributed by atoms with E-state index >= 15 is 0 Å². The molecule has 8 heteroatoms. The van der Waals surface area contributed by atoms with Crippen LogP contribution in [0.5, 0.6) is 0 Å². The van der Waals surface area contributed by atoms with Crippen molar-refractivity contribution in [2.75, 3.05) is 51.5 Å². The quantitative estimate of drug-likeness (QED) is 0.237. The summed E-state index contributed by atoms with van der Waals surface area (Å²) in [5, 5.41) is 3.34. The van der Waals surface area contributed by atoms with Crippen LogP contribution < -0.4 is 5.32 Å². The van der Waals surface area contributed by atoms with Crippen molar-refractivity contribution in [3.05, 3.63) is 0 Å². The van der Waals surface area contributed by atoms with Gasteiger partial charge in [-0.25, -0.2) is 8.42 Å². The smallest absolute Gasteiger partial charge is 0.220 e. The van der Waals surface area contributed by atoms with E-state index in [9.17, 15) is 13.2 Å². The summed E-state index contributed by atoms with van der Waals surface area (Å²) in [6, 6.07) is 0. The summed E-state index contributed by atoms with van der Waals surface area (Å²) in [5.74, 6) is 1.17. The van der Waals surface area contributed by atoms with E-state index in [1.165, 1.54) is 6.26 Å². The average Bonchev–Trinajstić information content (AvgIpc) is 2.42. The minimum Gasteiger partial charge on any atom is -0.350 e. The first kappa shape index (κ1) is 24.1. The van der Waals surface area contributed by atoms with Crippen molar-refractivity contribution < 1.29 is 17.7 Å². The molecule has 0 aliphatic carbocycles. The summed E-state index contributed by atoms with van der Waals surface area (Å²) >= 11 is 8.67. The van der Waals surface area contributed by atoms with Crippen molar-refractivity contribution in [3.8, 4) is 0 Å². The van der Waals surface area contributed by atoms with Gasteiger partial charge >= 0.3 is 0 Å². The Hall–Kier alpha value is 0.0800. The fraction of sp³-hybridized carbons (Fsp3) is 0.938. The van der Waals surface area contributed by atoms with Crippen LogP contribution in [0, 0.1) is 0 Å². The highest BCUT2D eigenvalue weighted by Crippen LogP contribution is 2.12. The molecule has 0 heterocycles. The van der Waals surface area contributed by atoms with Crippen LogP contribution in [-0.2, 0) is 14.6 Å². The van der Waals surface area contributed by atoms with Crippen LogP contribution in [0.3, 0.4) is 0 Å². The van der Waals surface area contributed by atoms with Gasteiger partial charge in [0.2, 0.25) is 5.91 Å². The van der Waals surface area contributed by atoms with Crippen molar-refractivity contribution in [1.82, 2.24) is 5.32 Å². The third-order valence-electron chi connectivity index (χ3n) is 3.97. The van der Waals surface area contributed by atoms with Crippen LogP contribution in [0.15, 0.2) is 0 Å². The first-order valence-corrected chi connectivity index (χ1v) is 11.8. The molecular weight excluding hydrogens is 364 g/mol. The molecule has 144 valence electrons. The van der Waals surface area contributed by atoms with E-state index in [1.807, 2.05) is 0 Å². The molecule has 0 rings (SSSR count). The highest BCUT2D eigenvalue weighted by atomic mass is 32.2. The van der Waals surface area contributed by atoms with Gasteiger partial charge < -0.3 is 9.80 Å². The van der Waals surface area contributed by atoms with Crippen molar-refractivity contribution in [2.24, 2.45) is 0 Å². The lowest BCUT2D eigenvalue weighted by Gasteiger charge is -2.29. The lowest BCUT2D eigenvalue weighted by molar-refractivity contribution is -0.889. The molecule has 0 aliphatic heterocycles. The molecule has 0 saturated heterocycles. The summed E-state index contributed by atoms with van der Waals surface area (Å²) in [6.45, 7) is 2.22. The van der Waals surface area contributed by atoms with Crippen molar-refractivity contribution in [3.63, 3.8) is 0 Å². The van der Waals surface area contributed by atoms with E-state index in [1.54, 1.807) is 0 Å². The van der Waals surface area contributed by atoms with E-state index in [0.29, 0.717) is 29.1 Å². The fourth-order valence-corrected chi connectivity index (χ4v) is 3.89. The molecule has 1 N–H and O–H groups in total. The number of nitrogens with one attached hydrogen (secondary N) is 1. The van der Waals surface area contributed by atoms with Gasteiger partial charge in [-0.3, -0.25) is 4.79 Å². The highest BCUT2D eigenvalue weighted by molar-refractivity contribution is 7.90.